The molecule has 2 N–H and O–H groups in total. The van der Waals surface area contributed by atoms with E-state index in [0.29, 0.717) is 5.92 Å². The van der Waals surface area contributed by atoms with Crippen LogP contribution < -0.4 is 5.73 Å². The lowest BCUT2D eigenvalue weighted by Crippen LogP contribution is -2.24. The Morgan fingerprint density at radius 2 is 1.58 bits per heavy atom. The van der Waals surface area contributed by atoms with Crippen LogP contribution in [0.3, 0.4) is 0 Å². The van der Waals surface area contributed by atoms with Gasteiger partial charge in [-0.2, -0.15) is 0 Å². The van der Waals surface area contributed by atoms with Crippen molar-refractivity contribution in [3.05, 3.63) is 0 Å². The molecule has 0 saturated heterocycles. The Morgan fingerprint density at radius 1 is 1.08 bits per heavy atom. The summed E-state index contributed by atoms with van der Waals surface area (Å²) in [7, 11) is 1.80. The highest BCUT2D eigenvalue weighted by Gasteiger charge is 2.13. The summed E-state index contributed by atoms with van der Waals surface area (Å²) in [5, 5.41) is 0. The van der Waals surface area contributed by atoms with Crippen LogP contribution in [0.5, 0.6) is 0 Å². The lowest BCUT2D eigenvalue weighted by Gasteiger charge is -2.18. The maximum atomic E-state index is 5.82. The molecule has 1 aliphatic carbocycles. The van der Waals surface area contributed by atoms with Crippen molar-refractivity contribution >= 4 is 5.84 Å². The number of amidine groups is 1. The Bertz CT molecular complexity index is 144. The summed E-state index contributed by atoms with van der Waals surface area (Å²) in [6, 6.07) is 0. The average molecular weight is 168 g/mol. The predicted molar refractivity (Wildman–Crippen MR) is 53.4 cm³/mol. The van der Waals surface area contributed by atoms with Crippen molar-refractivity contribution in [2.45, 2.75) is 44.9 Å². The minimum absolute atomic E-state index is 0.579. The fourth-order valence-corrected chi connectivity index (χ4v) is 1.93. The monoisotopic (exact) mass is 168 g/mol. The summed E-state index contributed by atoms with van der Waals surface area (Å²) in [5.74, 6) is 1.45. The van der Waals surface area contributed by atoms with Crippen molar-refractivity contribution in [3.8, 4) is 0 Å². The van der Waals surface area contributed by atoms with Gasteiger partial charge in [-0.05, 0) is 12.8 Å². The Hall–Kier alpha value is -0.530. The van der Waals surface area contributed by atoms with E-state index < -0.39 is 0 Å². The van der Waals surface area contributed by atoms with Crippen molar-refractivity contribution in [3.63, 3.8) is 0 Å². The van der Waals surface area contributed by atoms with Crippen LogP contribution in [-0.2, 0) is 0 Å². The Balaban J connectivity index is 2.39. The molecule has 1 fully saturated rings. The topological polar surface area (TPSA) is 38.4 Å². The van der Waals surface area contributed by atoms with Crippen LogP contribution in [-0.4, -0.2) is 12.9 Å². The SMILES string of the molecule is CN=C(N)C1CCCCCCC1. The second-order valence-corrected chi connectivity index (χ2v) is 3.69. The summed E-state index contributed by atoms with van der Waals surface area (Å²) in [6.45, 7) is 0. The van der Waals surface area contributed by atoms with Crippen LogP contribution in [0.15, 0.2) is 4.99 Å². The lowest BCUT2D eigenvalue weighted by atomic mass is 9.90. The molecule has 0 aromatic heterocycles. The molecule has 1 saturated carbocycles. The van der Waals surface area contributed by atoms with E-state index in [1.54, 1.807) is 7.05 Å². The molecule has 0 atom stereocenters. The molecule has 12 heavy (non-hydrogen) atoms. The van der Waals surface area contributed by atoms with Crippen molar-refractivity contribution in [1.29, 1.82) is 0 Å². The van der Waals surface area contributed by atoms with Gasteiger partial charge in [0.05, 0.1) is 5.84 Å². The molecule has 0 amide bonds. The highest BCUT2D eigenvalue weighted by Crippen LogP contribution is 2.22. The quantitative estimate of drug-likeness (QED) is 0.473. The molecular weight excluding hydrogens is 148 g/mol. The van der Waals surface area contributed by atoms with Gasteiger partial charge in [-0.3, -0.25) is 4.99 Å². The van der Waals surface area contributed by atoms with Gasteiger partial charge in [-0.15, -0.1) is 0 Å². The molecule has 0 aromatic carbocycles. The molecule has 2 heteroatoms. The van der Waals surface area contributed by atoms with Gasteiger partial charge in [0.25, 0.3) is 0 Å². The molecule has 0 aliphatic heterocycles. The molecule has 1 rings (SSSR count). The van der Waals surface area contributed by atoms with Gasteiger partial charge in [-0.25, -0.2) is 0 Å². The molecule has 0 bridgehead atoms. The smallest absolute Gasteiger partial charge is 0.0964 e. The van der Waals surface area contributed by atoms with Crippen LogP contribution in [0.4, 0.5) is 0 Å². The van der Waals surface area contributed by atoms with Gasteiger partial charge in [-0.1, -0.05) is 32.1 Å². The number of rotatable bonds is 1. The summed E-state index contributed by atoms with van der Waals surface area (Å²) in [4.78, 5) is 4.08. The van der Waals surface area contributed by atoms with Crippen LogP contribution in [0.1, 0.15) is 44.9 Å². The van der Waals surface area contributed by atoms with Crippen LogP contribution >= 0.6 is 0 Å². The molecule has 2 nitrogen and oxygen atoms in total. The van der Waals surface area contributed by atoms with E-state index in [-0.39, 0.29) is 0 Å². The third-order valence-corrected chi connectivity index (χ3v) is 2.78. The average Bonchev–Trinajstić information content (AvgIpc) is 2.02. The molecular formula is C10H20N2. The van der Waals surface area contributed by atoms with E-state index in [0.717, 1.165) is 5.84 Å². The zero-order valence-corrected chi connectivity index (χ0v) is 8.05. The van der Waals surface area contributed by atoms with E-state index in [1.165, 1.54) is 44.9 Å². The highest BCUT2D eigenvalue weighted by atomic mass is 14.8. The first-order valence-corrected chi connectivity index (χ1v) is 5.06. The summed E-state index contributed by atoms with van der Waals surface area (Å²) in [6.07, 6.45) is 9.35. The van der Waals surface area contributed by atoms with Gasteiger partial charge in [0.1, 0.15) is 0 Å². The summed E-state index contributed by atoms with van der Waals surface area (Å²) < 4.78 is 0. The number of aliphatic imine (C=N–C) groups is 1. The van der Waals surface area contributed by atoms with E-state index in [9.17, 15) is 0 Å². The van der Waals surface area contributed by atoms with E-state index in [2.05, 4.69) is 4.99 Å². The van der Waals surface area contributed by atoms with Crippen molar-refractivity contribution in [2.75, 3.05) is 7.05 Å². The van der Waals surface area contributed by atoms with Crippen molar-refractivity contribution in [1.82, 2.24) is 0 Å². The van der Waals surface area contributed by atoms with Crippen LogP contribution in [0, 0.1) is 5.92 Å². The van der Waals surface area contributed by atoms with Gasteiger partial charge in [0, 0.05) is 13.0 Å². The fourth-order valence-electron chi connectivity index (χ4n) is 1.93. The standard InChI is InChI=1S/C10H20N2/c1-12-10(11)9-7-5-3-2-4-6-8-9/h9H,2-8H2,1H3,(H2,11,12). The van der Waals surface area contributed by atoms with Gasteiger partial charge < -0.3 is 5.73 Å². The van der Waals surface area contributed by atoms with E-state index >= 15 is 0 Å². The first-order valence-electron chi connectivity index (χ1n) is 5.06. The van der Waals surface area contributed by atoms with Gasteiger partial charge in [0.15, 0.2) is 0 Å². The van der Waals surface area contributed by atoms with Gasteiger partial charge >= 0.3 is 0 Å². The Morgan fingerprint density at radius 3 is 2.08 bits per heavy atom. The number of nitrogens with zero attached hydrogens (tertiary/aromatic N) is 1. The molecule has 70 valence electrons. The van der Waals surface area contributed by atoms with Crippen LogP contribution in [0.25, 0.3) is 0 Å². The van der Waals surface area contributed by atoms with Crippen molar-refractivity contribution < 1.29 is 0 Å². The molecule has 0 aromatic rings. The lowest BCUT2D eigenvalue weighted by molar-refractivity contribution is 0.450. The third kappa shape index (κ3) is 2.84. The molecule has 0 spiro atoms. The maximum absolute atomic E-state index is 5.82. The van der Waals surface area contributed by atoms with Gasteiger partial charge in [0.2, 0.25) is 0 Å². The second-order valence-electron chi connectivity index (χ2n) is 3.69. The fraction of sp³-hybridized carbons (Fsp3) is 0.900. The molecule has 0 unspecified atom stereocenters. The number of hydrogen-bond donors (Lipinski definition) is 1. The van der Waals surface area contributed by atoms with E-state index in [4.69, 9.17) is 5.73 Å². The highest BCUT2D eigenvalue weighted by molar-refractivity contribution is 5.82. The first-order chi connectivity index (χ1) is 5.84. The number of nitrogens with two attached hydrogens (primary N) is 1. The zero-order valence-electron chi connectivity index (χ0n) is 8.05. The summed E-state index contributed by atoms with van der Waals surface area (Å²) in [5.41, 5.74) is 5.82. The Labute approximate surface area is 75.3 Å². The minimum Gasteiger partial charge on any atom is -0.387 e. The molecule has 1 aliphatic rings. The molecule has 0 radical (unpaired) electrons. The zero-order chi connectivity index (χ0) is 8.81. The summed E-state index contributed by atoms with van der Waals surface area (Å²) >= 11 is 0. The van der Waals surface area contributed by atoms with E-state index in [1.807, 2.05) is 0 Å². The normalized spacial score (nSPS) is 23.2. The van der Waals surface area contributed by atoms with Crippen molar-refractivity contribution in [2.24, 2.45) is 16.6 Å². The first kappa shape index (κ1) is 9.56. The number of hydrogen-bond acceptors (Lipinski definition) is 1. The minimum atomic E-state index is 0.579. The van der Waals surface area contributed by atoms with Crippen LogP contribution in [0.2, 0.25) is 0 Å². The third-order valence-electron chi connectivity index (χ3n) is 2.78. The predicted octanol–water partition coefficient (Wildman–Crippen LogP) is 2.33. The second kappa shape index (κ2) is 5.18. The Kier molecular flexibility index (Phi) is 4.12. The maximum Gasteiger partial charge on any atom is 0.0964 e. The largest absolute Gasteiger partial charge is 0.387 e. The molecule has 0 heterocycles.